The molecule has 72 valence electrons. The fraction of sp³-hybridized carbons (Fsp3) is 1.00. The van der Waals surface area contributed by atoms with E-state index in [9.17, 15) is 0 Å². The normalized spacial score (nSPS) is 27.8. The molecular weight excluding hydrogens is 152 g/mol. The van der Waals surface area contributed by atoms with Crippen molar-refractivity contribution in [2.75, 3.05) is 19.7 Å². The van der Waals surface area contributed by atoms with E-state index >= 15 is 0 Å². The van der Waals surface area contributed by atoms with Crippen molar-refractivity contribution >= 4 is 0 Å². The Balaban J connectivity index is 2.33. The summed E-state index contributed by atoms with van der Waals surface area (Å²) in [5.41, 5.74) is 5.81. The van der Waals surface area contributed by atoms with E-state index in [0.717, 1.165) is 32.4 Å². The molecule has 0 bridgehead atoms. The summed E-state index contributed by atoms with van der Waals surface area (Å²) in [5, 5.41) is 8.84. The predicted octanol–water partition coefficient (Wildman–Crippen LogP) is 0.180. The Morgan fingerprint density at radius 2 is 2.42 bits per heavy atom. The van der Waals surface area contributed by atoms with Gasteiger partial charge in [0.2, 0.25) is 0 Å². The summed E-state index contributed by atoms with van der Waals surface area (Å²) in [6.45, 7) is 4.59. The second-order valence-corrected chi connectivity index (χ2v) is 3.62. The first kappa shape index (κ1) is 9.96. The average Bonchev–Trinajstić information content (AvgIpc) is 2.47. The molecule has 0 aromatic heterocycles. The Bertz CT molecular complexity index is 128. The third-order valence-corrected chi connectivity index (χ3v) is 2.71. The van der Waals surface area contributed by atoms with Gasteiger partial charge in [0, 0.05) is 31.8 Å². The Kier molecular flexibility index (Phi) is 3.98. The SMILES string of the molecule is CCC(CCO)N1CCC(N)C1. The van der Waals surface area contributed by atoms with Crippen LogP contribution in [0, 0.1) is 0 Å². The van der Waals surface area contributed by atoms with Crippen molar-refractivity contribution in [1.29, 1.82) is 0 Å². The second kappa shape index (κ2) is 4.80. The molecule has 0 aliphatic carbocycles. The van der Waals surface area contributed by atoms with Gasteiger partial charge in [-0.25, -0.2) is 0 Å². The lowest BCUT2D eigenvalue weighted by Crippen LogP contribution is -2.35. The van der Waals surface area contributed by atoms with Crippen molar-refractivity contribution in [2.24, 2.45) is 5.73 Å². The highest BCUT2D eigenvalue weighted by Gasteiger charge is 2.24. The molecule has 0 saturated carbocycles. The molecule has 0 amide bonds. The number of aliphatic hydroxyl groups is 1. The Morgan fingerprint density at radius 3 is 2.83 bits per heavy atom. The van der Waals surface area contributed by atoms with Crippen LogP contribution in [0.15, 0.2) is 0 Å². The van der Waals surface area contributed by atoms with Gasteiger partial charge in [-0.3, -0.25) is 4.90 Å². The van der Waals surface area contributed by atoms with E-state index in [4.69, 9.17) is 10.8 Å². The molecule has 0 radical (unpaired) electrons. The third kappa shape index (κ3) is 2.44. The molecule has 1 aliphatic rings. The van der Waals surface area contributed by atoms with Crippen molar-refractivity contribution in [2.45, 2.75) is 38.3 Å². The molecule has 2 atom stereocenters. The minimum atomic E-state index is 0.296. The first-order valence-electron chi connectivity index (χ1n) is 4.88. The van der Waals surface area contributed by atoms with E-state index < -0.39 is 0 Å². The summed E-state index contributed by atoms with van der Waals surface area (Å²) in [6.07, 6.45) is 3.12. The van der Waals surface area contributed by atoms with Gasteiger partial charge in [0.15, 0.2) is 0 Å². The maximum Gasteiger partial charge on any atom is 0.0445 e. The summed E-state index contributed by atoms with van der Waals surface area (Å²) < 4.78 is 0. The van der Waals surface area contributed by atoms with Crippen LogP contribution < -0.4 is 5.73 Å². The van der Waals surface area contributed by atoms with Crippen LogP contribution in [0.5, 0.6) is 0 Å². The van der Waals surface area contributed by atoms with Crippen LogP contribution in [0.25, 0.3) is 0 Å². The van der Waals surface area contributed by atoms with E-state index in [1.165, 1.54) is 0 Å². The molecule has 1 fully saturated rings. The minimum absolute atomic E-state index is 0.296. The van der Waals surface area contributed by atoms with Crippen molar-refractivity contribution in [3.05, 3.63) is 0 Å². The van der Waals surface area contributed by atoms with Crippen LogP contribution >= 0.6 is 0 Å². The predicted molar refractivity (Wildman–Crippen MR) is 49.9 cm³/mol. The summed E-state index contributed by atoms with van der Waals surface area (Å²) in [4.78, 5) is 2.40. The van der Waals surface area contributed by atoms with Crippen molar-refractivity contribution in [1.82, 2.24) is 4.90 Å². The van der Waals surface area contributed by atoms with Gasteiger partial charge in [0.1, 0.15) is 0 Å². The molecule has 1 heterocycles. The monoisotopic (exact) mass is 172 g/mol. The molecule has 2 unspecified atom stereocenters. The molecule has 1 rings (SSSR count). The van der Waals surface area contributed by atoms with Crippen LogP contribution in [0.4, 0.5) is 0 Å². The van der Waals surface area contributed by atoms with Crippen LogP contribution in [-0.4, -0.2) is 41.8 Å². The van der Waals surface area contributed by atoms with E-state index in [0.29, 0.717) is 18.7 Å². The first-order valence-corrected chi connectivity index (χ1v) is 4.88. The van der Waals surface area contributed by atoms with E-state index in [2.05, 4.69) is 11.8 Å². The maximum absolute atomic E-state index is 8.84. The van der Waals surface area contributed by atoms with Gasteiger partial charge in [-0.15, -0.1) is 0 Å². The fourth-order valence-electron chi connectivity index (χ4n) is 1.94. The van der Waals surface area contributed by atoms with E-state index in [1.807, 2.05) is 0 Å². The summed E-state index contributed by atoms with van der Waals surface area (Å²) >= 11 is 0. The minimum Gasteiger partial charge on any atom is -0.396 e. The Labute approximate surface area is 74.5 Å². The molecule has 3 N–H and O–H groups in total. The van der Waals surface area contributed by atoms with Crippen molar-refractivity contribution in [3.63, 3.8) is 0 Å². The van der Waals surface area contributed by atoms with Crippen molar-refractivity contribution in [3.8, 4) is 0 Å². The van der Waals surface area contributed by atoms with E-state index in [1.54, 1.807) is 0 Å². The number of hydrogen-bond acceptors (Lipinski definition) is 3. The molecule has 0 spiro atoms. The lowest BCUT2D eigenvalue weighted by Gasteiger charge is -2.25. The Hall–Kier alpha value is -0.120. The highest BCUT2D eigenvalue weighted by Crippen LogP contribution is 2.15. The summed E-state index contributed by atoms with van der Waals surface area (Å²) in [6, 6.07) is 0.904. The lowest BCUT2D eigenvalue weighted by molar-refractivity contribution is 0.178. The smallest absolute Gasteiger partial charge is 0.0445 e. The third-order valence-electron chi connectivity index (χ3n) is 2.71. The molecular formula is C9H20N2O. The molecule has 0 aromatic rings. The number of aliphatic hydroxyl groups excluding tert-OH is 1. The summed E-state index contributed by atoms with van der Waals surface area (Å²) in [5.74, 6) is 0. The zero-order valence-corrected chi connectivity index (χ0v) is 7.87. The van der Waals surface area contributed by atoms with Gasteiger partial charge in [-0.1, -0.05) is 6.92 Å². The number of rotatable bonds is 4. The van der Waals surface area contributed by atoms with Gasteiger partial charge in [-0.05, 0) is 19.3 Å². The largest absolute Gasteiger partial charge is 0.396 e. The maximum atomic E-state index is 8.84. The Morgan fingerprint density at radius 1 is 1.67 bits per heavy atom. The zero-order chi connectivity index (χ0) is 8.97. The van der Waals surface area contributed by atoms with Crippen LogP contribution in [-0.2, 0) is 0 Å². The first-order chi connectivity index (χ1) is 5.77. The summed E-state index contributed by atoms with van der Waals surface area (Å²) in [7, 11) is 0. The second-order valence-electron chi connectivity index (χ2n) is 3.62. The topological polar surface area (TPSA) is 49.5 Å². The molecule has 1 aliphatic heterocycles. The van der Waals surface area contributed by atoms with Gasteiger partial charge >= 0.3 is 0 Å². The quantitative estimate of drug-likeness (QED) is 0.636. The van der Waals surface area contributed by atoms with Crippen LogP contribution in [0.3, 0.4) is 0 Å². The number of nitrogens with zero attached hydrogens (tertiary/aromatic N) is 1. The average molecular weight is 172 g/mol. The number of nitrogens with two attached hydrogens (primary N) is 1. The van der Waals surface area contributed by atoms with Gasteiger partial charge in [0.05, 0.1) is 0 Å². The molecule has 0 aromatic carbocycles. The van der Waals surface area contributed by atoms with Crippen LogP contribution in [0.1, 0.15) is 26.2 Å². The van der Waals surface area contributed by atoms with E-state index in [-0.39, 0.29) is 0 Å². The number of hydrogen-bond donors (Lipinski definition) is 2. The fourth-order valence-corrected chi connectivity index (χ4v) is 1.94. The highest BCUT2D eigenvalue weighted by atomic mass is 16.3. The molecule has 3 nitrogen and oxygen atoms in total. The standard InChI is InChI=1S/C9H20N2O/c1-2-9(4-6-12)11-5-3-8(10)7-11/h8-9,12H,2-7,10H2,1H3. The number of likely N-dealkylation sites (tertiary alicyclic amines) is 1. The van der Waals surface area contributed by atoms with Crippen molar-refractivity contribution < 1.29 is 5.11 Å². The highest BCUT2D eigenvalue weighted by molar-refractivity contribution is 4.82. The molecule has 3 heteroatoms. The zero-order valence-electron chi connectivity index (χ0n) is 7.87. The van der Waals surface area contributed by atoms with Gasteiger partial charge in [0.25, 0.3) is 0 Å². The molecule has 1 saturated heterocycles. The van der Waals surface area contributed by atoms with Gasteiger partial charge in [-0.2, -0.15) is 0 Å². The lowest BCUT2D eigenvalue weighted by atomic mass is 10.1. The molecule has 12 heavy (non-hydrogen) atoms. The van der Waals surface area contributed by atoms with Crippen LogP contribution in [0.2, 0.25) is 0 Å². The van der Waals surface area contributed by atoms with Gasteiger partial charge < -0.3 is 10.8 Å².